The first kappa shape index (κ1) is 18.9. The van der Waals surface area contributed by atoms with Crippen LogP contribution in [0.3, 0.4) is 0 Å². The Morgan fingerprint density at radius 3 is 2.48 bits per heavy atom. The van der Waals surface area contributed by atoms with Crippen molar-refractivity contribution in [1.82, 2.24) is 4.98 Å². The summed E-state index contributed by atoms with van der Waals surface area (Å²) in [6, 6.07) is 18.3. The van der Waals surface area contributed by atoms with Crippen LogP contribution >= 0.6 is 15.9 Å². The van der Waals surface area contributed by atoms with Gasteiger partial charge in [-0.3, -0.25) is 0 Å². The summed E-state index contributed by atoms with van der Waals surface area (Å²) in [5.74, 6) is 1.38. The van der Waals surface area contributed by atoms with Crippen LogP contribution in [0.15, 0.2) is 71.3 Å². The SMILES string of the molecule is CC(C)c1ccccc1Oc1ncccc1NC(=O)Nc1ccc(Br)cc1. The molecule has 1 aromatic heterocycles. The first-order chi connectivity index (χ1) is 13.0. The molecule has 0 unspecified atom stereocenters. The molecule has 3 aromatic rings. The zero-order chi connectivity index (χ0) is 19.2. The third-order valence-electron chi connectivity index (χ3n) is 3.87. The van der Waals surface area contributed by atoms with Crippen LogP contribution in [-0.4, -0.2) is 11.0 Å². The zero-order valence-electron chi connectivity index (χ0n) is 15.1. The lowest BCUT2D eigenvalue weighted by molar-refractivity contribution is 0.262. The molecule has 0 aliphatic carbocycles. The third-order valence-corrected chi connectivity index (χ3v) is 4.40. The number of ether oxygens (including phenoxy) is 1. The van der Waals surface area contributed by atoms with Crippen molar-refractivity contribution in [2.75, 3.05) is 10.6 Å². The molecule has 2 amide bonds. The number of carbonyl (C=O) groups excluding carboxylic acids is 1. The molecule has 0 fully saturated rings. The first-order valence-electron chi connectivity index (χ1n) is 8.58. The van der Waals surface area contributed by atoms with E-state index in [4.69, 9.17) is 4.74 Å². The van der Waals surface area contributed by atoms with Gasteiger partial charge >= 0.3 is 6.03 Å². The highest BCUT2D eigenvalue weighted by Crippen LogP contribution is 2.32. The summed E-state index contributed by atoms with van der Waals surface area (Å²) in [5.41, 5.74) is 2.26. The summed E-state index contributed by atoms with van der Waals surface area (Å²) in [4.78, 5) is 16.6. The highest BCUT2D eigenvalue weighted by atomic mass is 79.9. The smallest absolute Gasteiger partial charge is 0.323 e. The number of nitrogens with one attached hydrogen (secondary N) is 2. The number of para-hydroxylation sites is 1. The Kier molecular flexibility index (Phi) is 6.08. The number of amides is 2. The molecule has 0 radical (unpaired) electrons. The summed E-state index contributed by atoms with van der Waals surface area (Å²) < 4.78 is 6.95. The number of halogens is 1. The van der Waals surface area contributed by atoms with Crippen molar-refractivity contribution in [2.24, 2.45) is 0 Å². The zero-order valence-corrected chi connectivity index (χ0v) is 16.7. The van der Waals surface area contributed by atoms with Crippen LogP contribution in [0.5, 0.6) is 11.6 Å². The van der Waals surface area contributed by atoms with Gasteiger partial charge in [-0.1, -0.05) is 48.0 Å². The number of aromatic nitrogens is 1. The predicted octanol–water partition coefficient (Wildman–Crippen LogP) is 6.40. The number of nitrogens with zero attached hydrogens (tertiary/aromatic N) is 1. The molecular formula is C21H20BrN3O2. The van der Waals surface area contributed by atoms with E-state index < -0.39 is 0 Å². The standard InChI is InChI=1S/C21H20BrN3O2/c1-14(2)17-6-3-4-8-19(17)27-20-18(7-5-13-23-20)25-21(26)24-16-11-9-15(22)10-12-16/h3-14H,1-2H3,(H2,24,25,26). The van der Waals surface area contributed by atoms with Crippen LogP contribution in [0, 0.1) is 0 Å². The molecule has 2 N–H and O–H groups in total. The van der Waals surface area contributed by atoms with E-state index in [0.29, 0.717) is 23.2 Å². The Morgan fingerprint density at radius 1 is 1.00 bits per heavy atom. The fourth-order valence-corrected chi connectivity index (χ4v) is 2.80. The van der Waals surface area contributed by atoms with Crippen LogP contribution in [0.4, 0.5) is 16.2 Å². The van der Waals surface area contributed by atoms with Crippen molar-refractivity contribution in [3.8, 4) is 11.6 Å². The fraction of sp³-hybridized carbons (Fsp3) is 0.143. The Morgan fingerprint density at radius 2 is 1.74 bits per heavy atom. The van der Waals surface area contributed by atoms with Crippen molar-refractivity contribution < 1.29 is 9.53 Å². The Bertz CT molecular complexity index is 927. The van der Waals surface area contributed by atoms with Gasteiger partial charge in [0.2, 0.25) is 5.88 Å². The second-order valence-electron chi connectivity index (χ2n) is 6.24. The van der Waals surface area contributed by atoms with E-state index in [2.05, 4.69) is 45.4 Å². The van der Waals surface area contributed by atoms with Gasteiger partial charge in [0.05, 0.1) is 0 Å². The van der Waals surface area contributed by atoms with Gasteiger partial charge in [0, 0.05) is 16.4 Å². The summed E-state index contributed by atoms with van der Waals surface area (Å²) in [6.45, 7) is 4.21. The normalized spacial score (nSPS) is 10.5. The van der Waals surface area contributed by atoms with Gasteiger partial charge in [0.25, 0.3) is 0 Å². The number of hydrogen-bond acceptors (Lipinski definition) is 3. The van der Waals surface area contributed by atoms with E-state index in [0.717, 1.165) is 15.8 Å². The molecule has 3 rings (SSSR count). The van der Waals surface area contributed by atoms with E-state index >= 15 is 0 Å². The van der Waals surface area contributed by atoms with Crippen LogP contribution < -0.4 is 15.4 Å². The highest BCUT2D eigenvalue weighted by molar-refractivity contribution is 9.10. The molecule has 2 aromatic carbocycles. The number of pyridine rings is 1. The summed E-state index contributed by atoms with van der Waals surface area (Å²) in [7, 11) is 0. The number of carbonyl (C=O) groups is 1. The minimum absolute atomic E-state index is 0.307. The average Bonchev–Trinajstić information content (AvgIpc) is 2.65. The maximum atomic E-state index is 12.3. The number of hydrogen-bond donors (Lipinski definition) is 2. The number of benzene rings is 2. The molecule has 138 valence electrons. The van der Waals surface area contributed by atoms with Gasteiger partial charge in [-0.25, -0.2) is 9.78 Å². The van der Waals surface area contributed by atoms with Crippen LogP contribution in [0.1, 0.15) is 25.3 Å². The van der Waals surface area contributed by atoms with E-state index in [9.17, 15) is 4.79 Å². The number of anilines is 2. The molecule has 0 atom stereocenters. The van der Waals surface area contributed by atoms with Crippen molar-refractivity contribution in [3.05, 3.63) is 76.9 Å². The Hall–Kier alpha value is -2.86. The molecule has 27 heavy (non-hydrogen) atoms. The first-order valence-corrected chi connectivity index (χ1v) is 9.37. The molecule has 1 heterocycles. The van der Waals surface area contributed by atoms with Gasteiger partial charge in [-0.2, -0.15) is 0 Å². The monoisotopic (exact) mass is 425 g/mol. The predicted molar refractivity (Wildman–Crippen MR) is 112 cm³/mol. The molecule has 0 bridgehead atoms. The lowest BCUT2D eigenvalue weighted by Crippen LogP contribution is -2.19. The molecule has 5 nitrogen and oxygen atoms in total. The van der Waals surface area contributed by atoms with Gasteiger partial charge in [0.15, 0.2) is 0 Å². The van der Waals surface area contributed by atoms with Crippen molar-refractivity contribution in [3.63, 3.8) is 0 Å². The van der Waals surface area contributed by atoms with Crippen LogP contribution in [0.25, 0.3) is 0 Å². The lowest BCUT2D eigenvalue weighted by atomic mass is 10.0. The highest BCUT2D eigenvalue weighted by Gasteiger charge is 2.13. The molecule has 0 aliphatic heterocycles. The quantitative estimate of drug-likeness (QED) is 0.496. The lowest BCUT2D eigenvalue weighted by Gasteiger charge is -2.15. The molecule has 6 heteroatoms. The van der Waals surface area contributed by atoms with Gasteiger partial charge in [-0.05, 0) is 53.9 Å². The van der Waals surface area contributed by atoms with Gasteiger partial charge in [-0.15, -0.1) is 0 Å². The summed E-state index contributed by atoms with van der Waals surface area (Å²) in [5, 5.41) is 5.58. The van der Waals surface area contributed by atoms with E-state index in [-0.39, 0.29) is 6.03 Å². The molecule has 0 spiro atoms. The minimum atomic E-state index is -0.368. The van der Waals surface area contributed by atoms with E-state index in [1.165, 1.54) is 0 Å². The van der Waals surface area contributed by atoms with E-state index in [1.807, 2.05) is 48.5 Å². The van der Waals surface area contributed by atoms with Crippen molar-refractivity contribution in [2.45, 2.75) is 19.8 Å². The number of urea groups is 1. The van der Waals surface area contributed by atoms with Crippen molar-refractivity contribution in [1.29, 1.82) is 0 Å². The van der Waals surface area contributed by atoms with Crippen LogP contribution in [0.2, 0.25) is 0 Å². The third kappa shape index (κ3) is 5.08. The maximum Gasteiger partial charge on any atom is 0.323 e. The second kappa shape index (κ2) is 8.68. The van der Waals surface area contributed by atoms with Crippen molar-refractivity contribution >= 4 is 33.3 Å². The minimum Gasteiger partial charge on any atom is -0.437 e. The molecular weight excluding hydrogens is 406 g/mol. The Balaban J connectivity index is 1.76. The average molecular weight is 426 g/mol. The molecule has 0 aliphatic rings. The number of rotatable bonds is 5. The van der Waals surface area contributed by atoms with Crippen LogP contribution in [-0.2, 0) is 0 Å². The summed E-state index contributed by atoms with van der Waals surface area (Å²) >= 11 is 3.37. The molecule has 0 saturated carbocycles. The van der Waals surface area contributed by atoms with Gasteiger partial charge in [0.1, 0.15) is 11.4 Å². The largest absolute Gasteiger partial charge is 0.437 e. The molecule has 0 saturated heterocycles. The summed E-state index contributed by atoms with van der Waals surface area (Å²) in [6.07, 6.45) is 1.63. The fourth-order valence-electron chi connectivity index (χ4n) is 2.54. The van der Waals surface area contributed by atoms with Gasteiger partial charge < -0.3 is 15.4 Å². The maximum absolute atomic E-state index is 12.3. The Labute approximate surface area is 166 Å². The topological polar surface area (TPSA) is 63.2 Å². The second-order valence-corrected chi connectivity index (χ2v) is 7.15. The van der Waals surface area contributed by atoms with E-state index in [1.54, 1.807) is 18.3 Å².